The van der Waals surface area contributed by atoms with E-state index in [1.807, 2.05) is 4.57 Å². The van der Waals surface area contributed by atoms with E-state index in [1.54, 1.807) is 13.1 Å². The van der Waals surface area contributed by atoms with Crippen molar-refractivity contribution in [3.05, 3.63) is 29.8 Å². The zero-order valence-electron chi connectivity index (χ0n) is 10.6. The number of fused-ring (bicyclic) bond motifs is 1. The summed E-state index contributed by atoms with van der Waals surface area (Å²) in [4.78, 5) is 15.8. The van der Waals surface area contributed by atoms with Crippen LogP contribution in [0, 0.1) is 5.82 Å². The van der Waals surface area contributed by atoms with E-state index < -0.39 is 0 Å². The summed E-state index contributed by atoms with van der Waals surface area (Å²) >= 11 is 5.75. The van der Waals surface area contributed by atoms with Crippen LogP contribution >= 0.6 is 11.6 Å². The molecule has 0 aliphatic heterocycles. The number of aryl methyl sites for hydroxylation is 2. The van der Waals surface area contributed by atoms with E-state index in [1.165, 1.54) is 12.1 Å². The van der Waals surface area contributed by atoms with Crippen LogP contribution in [0.5, 0.6) is 0 Å². The number of halogens is 2. The van der Waals surface area contributed by atoms with E-state index in [9.17, 15) is 9.18 Å². The standard InChI is InChI=1S/C13H15ClFN3O/c1-16-13(19)5-7-18-11-8-9(15)2-3-10(11)17-12(18)4-6-14/h2-3,8H,4-7H2,1H3,(H,16,19). The summed E-state index contributed by atoms with van der Waals surface area (Å²) in [5.41, 5.74) is 1.42. The Morgan fingerprint density at radius 3 is 3.00 bits per heavy atom. The van der Waals surface area contributed by atoms with E-state index in [-0.39, 0.29) is 11.7 Å². The molecule has 1 heterocycles. The molecule has 0 bridgehead atoms. The lowest BCUT2D eigenvalue weighted by Crippen LogP contribution is -2.20. The number of amides is 1. The number of nitrogens with one attached hydrogen (secondary N) is 1. The molecule has 2 aromatic rings. The van der Waals surface area contributed by atoms with Crippen molar-refractivity contribution in [1.29, 1.82) is 0 Å². The normalized spacial score (nSPS) is 10.9. The molecule has 1 amide bonds. The molecule has 0 aliphatic carbocycles. The lowest BCUT2D eigenvalue weighted by molar-refractivity contribution is -0.120. The predicted molar refractivity (Wildman–Crippen MR) is 72.8 cm³/mol. The van der Waals surface area contributed by atoms with Gasteiger partial charge in [-0.1, -0.05) is 0 Å². The van der Waals surface area contributed by atoms with Gasteiger partial charge < -0.3 is 9.88 Å². The van der Waals surface area contributed by atoms with Gasteiger partial charge in [0.25, 0.3) is 0 Å². The molecule has 0 saturated heterocycles. The van der Waals surface area contributed by atoms with Gasteiger partial charge in [0.1, 0.15) is 11.6 Å². The fourth-order valence-corrected chi connectivity index (χ4v) is 2.18. The van der Waals surface area contributed by atoms with E-state index >= 15 is 0 Å². The molecule has 0 aliphatic rings. The number of alkyl halides is 1. The summed E-state index contributed by atoms with van der Waals surface area (Å²) in [5, 5.41) is 2.57. The Bertz CT molecular complexity index is 597. The largest absolute Gasteiger partial charge is 0.359 e. The number of benzene rings is 1. The Hall–Kier alpha value is -1.62. The second-order valence-electron chi connectivity index (χ2n) is 4.17. The predicted octanol–water partition coefficient (Wildman–Crippen LogP) is 2.09. The van der Waals surface area contributed by atoms with Crippen molar-refractivity contribution in [1.82, 2.24) is 14.9 Å². The molecule has 0 unspecified atom stereocenters. The number of carbonyl (C=O) groups excluding carboxylic acids is 1. The number of aromatic nitrogens is 2. The van der Waals surface area contributed by atoms with Crippen LogP contribution in [0.2, 0.25) is 0 Å². The molecule has 102 valence electrons. The van der Waals surface area contributed by atoms with Crippen LogP contribution < -0.4 is 5.32 Å². The average molecular weight is 284 g/mol. The number of imidazole rings is 1. The third-order valence-corrected chi connectivity index (χ3v) is 3.14. The minimum atomic E-state index is -0.314. The highest BCUT2D eigenvalue weighted by Crippen LogP contribution is 2.18. The molecule has 0 fully saturated rings. The zero-order chi connectivity index (χ0) is 13.8. The highest BCUT2D eigenvalue weighted by atomic mass is 35.5. The SMILES string of the molecule is CNC(=O)CCn1c(CCCl)nc2ccc(F)cc21. The summed E-state index contributed by atoms with van der Waals surface area (Å²) in [5.74, 6) is 0.840. The number of hydrogen-bond acceptors (Lipinski definition) is 2. The molecule has 6 heteroatoms. The van der Waals surface area contributed by atoms with Gasteiger partial charge in [-0.3, -0.25) is 4.79 Å². The molecule has 1 aromatic heterocycles. The van der Waals surface area contributed by atoms with Crippen LogP contribution in [-0.2, 0) is 17.8 Å². The number of carbonyl (C=O) groups is 1. The summed E-state index contributed by atoms with van der Waals surface area (Å²) < 4.78 is 15.2. The Morgan fingerprint density at radius 2 is 2.32 bits per heavy atom. The average Bonchev–Trinajstić information content (AvgIpc) is 2.73. The van der Waals surface area contributed by atoms with Crippen LogP contribution in [0.15, 0.2) is 18.2 Å². The van der Waals surface area contributed by atoms with Crippen molar-refractivity contribution < 1.29 is 9.18 Å². The monoisotopic (exact) mass is 283 g/mol. The van der Waals surface area contributed by atoms with Crippen molar-refractivity contribution in [2.24, 2.45) is 0 Å². The molecule has 4 nitrogen and oxygen atoms in total. The first kappa shape index (κ1) is 13.8. The summed E-state index contributed by atoms with van der Waals surface area (Å²) in [7, 11) is 1.59. The van der Waals surface area contributed by atoms with Gasteiger partial charge in [-0.2, -0.15) is 0 Å². The van der Waals surface area contributed by atoms with Crippen molar-refractivity contribution in [2.45, 2.75) is 19.4 Å². The zero-order valence-corrected chi connectivity index (χ0v) is 11.4. The first-order valence-electron chi connectivity index (χ1n) is 6.07. The van der Waals surface area contributed by atoms with Gasteiger partial charge in [-0.25, -0.2) is 9.37 Å². The smallest absolute Gasteiger partial charge is 0.221 e. The second-order valence-corrected chi connectivity index (χ2v) is 4.55. The maximum absolute atomic E-state index is 13.3. The molecule has 1 N–H and O–H groups in total. The number of nitrogens with zero attached hydrogens (tertiary/aromatic N) is 2. The molecule has 2 rings (SSSR count). The molecule has 0 radical (unpaired) electrons. The molecule has 0 saturated carbocycles. The number of rotatable bonds is 5. The minimum absolute atomic E-state index is 0.0601. The van der Waals surface area contributed by atoms with Crippen molar-refractivity contribution >= 4 is 28.5 Å². The van der Waals surface area contributed by atoms with Gasteiger partial charge in [0.05, 0.1) is 11.0 Å². The summed E-state index contributed by atoms with van der Waals surface area (Å²) in [6, 6.07) is 4.45. The summed E-state index contributed by atoms with van der Waals surface area (Å²) in [6.45, 7) is 0.464. The number of hydrogen-bond donors (Lipinski definition) is 1. The maximum atomic E-state index is 13.3. The Labute approximate surface area is 115 Å². The van der Waals surface area contributed by atoms with E-state index in [0.29, 0.717) is 30.8 Å². The van der Waals surface area contributed by atoms with Crippen LogP contribution in [0.3, 0.4) is 0 Å². The lowest BCUT2D eigenvalue weighted by Gasteiger charge is -2.07. The van der Waals surface area contributed by atoms with E-state index in [4.69, 9.17) is 11.6 Å². The first-order valence-corrected chi connectivity index (χ1v) is 6.60. The van der Waals surface area contributed by atoms with Gasteiger partial charge in [0.2, 0.25) is 5.91 Å². The van der Waals surface area contributed by atoms with Gasteiger partial charge in [0.15, 0.2) is 0 Å². The van der Waals surface area contributed by atoms with Crippen LogP contribution in [-0.4, -0.2) is 28.4 Å². The highest BCUT2D eigenvalue weighted by Gasteiger charge is 2.12. The van der Waals surface area contributed by atoms with Crippen molar-refractivity contribution in [2.75, 3.05) is 12.9 Å². The van der Waals surface area contributed by atoms with Gasteiger partial charge in [-0.05, 0) is 18.2 Å². The molecule has 1 aromatic carbocycles. The molecule has 0 spiro atoms. The quantitative estimate of drug-likeness (QED) is 0.854. The van der Waals surface area contributed by atoms with Crippen molar-refractivity contribution in [3.63, 3.8) is 0 Å². The molecular formula is C13H15ClFN3O. The Kier molecular flexibility index (Phi) is 4.37. The van der Waals surface area contributed by atoms with E-state index in [2.05, 4.69) is 10.3 Å². The molecule has 19 heavy (non-hydrogen) atoms. The Balaban J connectivity index is 2.38. The lowest BCUT2D eigenvalue weighted by atomic mass is 10.3. The van der Waals surface area contributed by atoms with Gasteiger partial charge in [-0.15, -0.1) is 11.6 Å². The highest BCUT2D eigenvalue weighted by molar-refractivity contribution is 6.17. The van der Waals surface area contributed by atoms with Crippen LogP contribution in [0.25, 0.3) is 11.0 Å². The fraction of sp³-hybridized carbons (Fsp3) is 0.385. The third-order valence-electron chi connectivity index (χ3n) is 2.95. The topological polar surface area (TPSA) is 46.9 Å². The van der Waals surface area contributed by atoms with Gasteiger partial charge >= 0.3 is 0 Å². The molecule has 0 atom stereocenters. The maximum Gasteiger partial charge on any atom is 0.221 e. The first-order chi connectivity index (χ1) is 9.15. The molecular weight excluding hydrogens is 269 g/mol. The van der Waals surface area contributed by atoms with Crippen LogP contribution in [0.4, 0.5) is 4.39 Å². The summed E-state index contributed by atoms with van der Waals surface area (Å²) in [6.07, 6.45) is 0.916. The van der Waals surface area contributed by atoms with E-state index in [0.717, 1.165) is 11.3 Å². The third kappa shape index (κ3) is 3.04. The minimum Gasteiger partial charge on any atom is -0.359 e. The van der Waals surface area contributed by atoms with Crippen molar-refractivity contribution in [3.8, 4) is 0 Å². The fourth-order valence-electron chi connectivity index (χ4n) is 2.01. The van der Waals surface area contributed by atoms with Crippen LogP contribution in [0.1, 0.15) is 12.2 Å². The second kappa shape index (κ2) is 6.02. The Morgan fingerprint density at radius 1 is 1.53 bits per heavy atom. The van der Waals surface area contributed by atoms with Gasteiger partial charge in [0, 0.05) is 32.3 Å².